The fourth-order valence-corrected chi connectivity index (χ4v) is 2.45. The zero-order valence-electron chi connectivity index (χ0n) is 11.1. The van der Waals surface area contributed by atoms with Crippen LogP contribution >= 0.6 is 0 Å². The van der Waals surface area contributed by atoms with Gasteiger partial charge in [-0.2, -0.15) is 0 Å². The molecular weight excluding hydrogens is 262 g/mol. The maximum Gasteiger partial charge on any atom is 0.306 e. The quantitative estimate of drug-likeness (QED) is 0.744. The number of hydrogen-bond acceptors (Lipinski definition) is 4. The molecular formula is C14H17NO5. The van der Waals surface area contributed by atoms with Crippen molar-refractivity contribution in [1.82, 2.24) is 0 Å². The number of carboxylic acids is 1. The Morgan fingerprint density at radius 3 is 2.65 bits per heavy atom. The van der Waals surface area contributed by atoms with E-state index in [4.69, 9.17) is 5.11 Å². The Hall–Kier alpha value is -1.92. The summed E-state index contributed by atoms with van der Waals surface area (Å²) < 4.78 is 0. The van der Waals surface area contributed by atoms with E-state index in [9.17, 15) is 19.8 Å². The van der Waals surface area contributed by atoms with Crippen LogP contribution in [-0.4, -0.2) is 39.8 Å². The van der Waals surface area contributed by atoms with Crippen LogP contribution in [0.25, 0.3) is 0 Å². The molecule has 0 aliphatic carbocycles. The molecule has 1 aromatic rings. The van der Waals surface area contributed by atoms with Gasteiger partial charge in [-0.05, 0) is 23.6 Å². The van der Waals surface area contributed by atoms with E-state index in [1.807, 2.05) is 0 Å². The van der Waals surface area contributed by atoms with Gasteiger partial charge in [0.25, 0.3) is 0 Å². The van der Waals surface area contributed by atoms with E-state index in [0.717, 1.165) is 11.3 Å². The monoisotopic (exact) mass is 279 g/mol. The molecule has 3 N–H and O–H groups in total. The number of amides is 1. The van der Waals surface area contributed by atoms with Gasteiger partial charge in [0.1, 0.15) is 6.10 Å². The van der Waals surface area contributed by atoms with Crippen molar-refractivity contribution in [3.05, 3.63) is 29.3 Å². The van der Waals surface area contributed by atoms with Gasteiger partial charge in [0.05, 0.1) is 12.5 Å². The molecule has 0 spiro atoms. The van der Waals surface area contributed by atoms with Gasteiger partial charge in [0.15, 0.2) is 0 Å². The molecule has 1 aliphatic heterocycles. The average molecular weight is 279 g/mol. The molecule has 0 radical (unpaired) electrons. The zero-order valence-corrected chi connectivity index (χ0v) is 11.1. The molecule has 0 fully saturated rings. The van der Waals surface area contributed by atoms with Gasteiger partial charge in [-0.3, -0.25) is 9.59 Å². The van der Waals surface area contributed by atoms with Gasteiger partial charge in [-0.1, -0.05) is 12.1 Å². The number of aliphatic hydroxyl groups excluding tert-OH is 2. The number of aliphatic hydroxyl groups is 2. The summed E-state index contributed by atoms with van der Waals surface area (Å²) in [5, 5.41) is 28.2. The molecule has 1 aliphatic rings. The second-order valence-corrected chi connectivity index (χ2v) is 4.92. The Morgan fingerprint density at radius 2 is 2.05 bits per heavy atom. The average Bonchev–Trinajstić information content (AvgIpc) is 2.79. The lowest BCUT2D eigenvalue weighted by atomic mass is 9.99. The first-order valence-corrected chi connectivity index (χ1v) is 6.39. The second-order valence-electron chi connectivity index (χ2n) is 4.92. The molecule has 108 valence electrons. The maximum atomic E-state index is 11.4. The molecule has 1 amide bonds. The van der Waals surface area contributed by atoms with Crippen molar-refractivity contribution in [3.63, 3.8) is 0 Å². The number of fused-ring (bicyclic) bond motifs is 1. The minimum Gasteiger partial charge on any atom is -0.481 e. The summed E-state index contributed by atoms with van der Waals surface area (Å²) in [6.45, 7) is 2.09. The smallest absolute Gasteiger partial charge is 0.306 e. The van der Waals surface area contributed by atoms with Crippen LogP contribution in [-0.2, 0) is 16.0 Å². The number of aliphatic carboxylic acids is 1. The lowest BCUT2D eigenvalue weighted by molar-refractivity contribution is -0.141. The van der Waals surface area contributed by atoms with Crippen molar-refractivity contribution in [1.29, 1.82) is 0 Å². The van der Waals surface area contributed by atoms with Crippen LogP contribution in [0.15, 0.2) is 18.2 Å². The van der Waals surface area contributed by atoms with Crippen LogP contribution in [0.4, 0.5) is 5.69 Å². The summed E-state index contributed by atoms with van der Waals surface area (Å²) in [5.41, 5.74) is 2.18. The van der Waals surface area contributed by atoms with Crippen molar-refractivity contribution >= 4 is 17.6 Å². The molecule has 1 heterocycles. The summed E-state index contributed by atoms with van der Waals surface area (Å²) in [6, 6.07) is 5.04. The third-order valence-corrected chi connectivity index (χ3v) is 3.47. The predicted octanol–water partition coefficient (Wildman–Crippen LogP) is 0.465. The minimum absolute atomic E-state index is 0.0389. The SMILES string of the molecule is CC(=O)N1CCc2cc(C(O)C(O)CC(=O)O)ccc21. The van der Waals surface area contributed by atoms with Crippen molar-refractivity contribution in [2.45, 2.75) is 32.0 Å². The topological polar surface area (TPSA) is 98.1 Å². The number of benzene rings is 1. The first kappa shape index (κ1) is 14.5. The fourth-order valence-electron chi connectivity index (χ4n) is 2.45. The van der Waals surface area contributed by atoms with Crippen LogP contribution < -0.4 is 4.90 Å². The summed E-state index contributed by atoms with van der Waals surface area (Å²) in [7, 11) is 0. The van der Waals surface area contributed by atoms with Crippen LogP contribution in [0.5, 0.6) is 0 Å². The van der Waals surface area contributed by atoms with E-state index in [2.05, 4.69) is 0 Å². The molecule has 0 saturated heterocycles. The number of anilines is 1. The Balaban J connectivity index is 2.20. The van der Waals surface area contributed by atoms with Crippen LogP contribution in [0.3, 0.4) is 0 Å². The molecule has 6 heteroatoms. The van der Waals surface area contributed by atoms with Gasteiger partial charge in [0.2, 0.25) is 5.91 Å². The van der Waals surface area contributed by atoms with E-state index in [1.54, 1.807) is 23.1 Å². The zero-order chi connectivity index (χ0) is 14.9. The van der Waals surface area contributed by atoms with Crippen LogP contribution in [0.1, 0.15) is 30.6 Å². The fraction of sp³-hybridized carbons (Fsp3) is 0.429. The number of hydrogen-bond donors (Lipinski definition) is 3. The first-order chi connectivity index (χ1) is 9.40. The molecule has 0 bridgehead atoms. The number of carbonyl (C=O) groups excluding carboxylic acids is 1. The third kappa shape index (κ3) is 2.81. The molecule has 0 aromatic heterocycles. The number of nitrogens with zero attached hydrogens (tertiary/aromatic N) is 1. The Bertz CT molecular complexity index is 542. The molecule has 0 saturated carbocycles. The molecule has 2 atom stereocenters. The minimum atomic E-state index is -1.35. The third-order valence-electron chi connectivity index (χ3n) is 3.47. The Kier molecular flexibility index (Phi) is 4.06. The number of rotatable bonds is 4. The molecule has 20 heavy (non-hydrogen) atoms. The van der Waals surface area contributed by atoms with Gasteiger partial charge in [-0.25, -0.2) is 0 Å². The Morgan fingerprint density at radius 1 is 1.35 bits per heavy atom. The van der Waals surface area contributed by atoms with Crippen LogP contribution in [0, 0.1) is 0 Å². The highest BCUT2D eigenvalue weighted by molar-refractivity contribution is 5.93. The summed E-state index contributed by atoms with van der Waals surface area (Å²) in [4.78, 5) is 23.6. The summed E-state index contributed by atoms with van der Waals surface area (Å²) >= 11 is 0. The van der Waals surface area contributed by atoms with E-state index in [-0.39, 0.29) is 5.91 Å². The number of carbonyl (C=O) groups is 2. The van der Waals surface area contributed by atoms with Crippen molar-refractivity contribution in [3.8, 4) is 0 Å². The van der Waals surface area contributed by atoms with Gasteiger partial charge >= 0.3 is 5.97 Å². The standard InChI is InChI=1S/C14H17NO5/c1-8(16)15-5-4-9-6-10(2-3-11(9)15)14(20)12(17)7-13(18)19/h2-3,6,12,14,17,20H,4-5,7H2,1H3,(H,18,19). The number of carboxylic acid groups (broad SMARTS) is 1. The van der Waals surface area contributed by atoms with Gasteiger partial charge in [0, 0.05) is 19.2 Å². The lowest BCUT2D eigenvalue weighted by Crippen LogP contribution is -2.25. The van der Waals surface area contributed by atoms with Crippen molar-refractivity contribution in [2.24, 2.45) is 0 Å². The molecule has 2 rings (SSSR count). The largest absolute Gasteiger partial charge is 0.481 e. The van der Waals surface area contributed by atoms with Crippen molar-refractivity contribution < 1.29 is 24.9 Å². The van der Waals surface area contributed by atoms with E-state index in [1.165, 1.54) is 6.92 Å². The highest BCUT2D eigenvalue weighted by atomic mass is 16.4. The summed E-state index contributed by atoms with van der Waals surface area (Å²) in [6.07, 6.45) is -2.43. The normalized spacial score (nSPS) is 16.6. The highest BCUT2D eigenvalue weighted by Gasteiger charge is 2.26. The first-order valence-electron chi connectivity index (χ1n) is 6.39. The maximum absolute atomic E-state index is 11.4. The van der Waals surface area contributed by atoms with Gasteiger partial charge < -0.3 is 20.2 Å². The highest BCUT2D eigenvalue weighted by Crippen LogP contribution is 2.31. The van der Waals surface area contributed by atoms with E-state index in [0.29, 0.717) is 18.5 Å². The van der Waals surface area contributed by atoms with Gasteiger partial charge in [-0.15, -0.1) is 0 Å². The van der Waals surface area contributed by atoms with E-state index >= 15 is 0 Å². The van der Waals surface area contributed by atoms with E-state index < -0.39 is 24.6 Å². The molecule has 2 unspecified atom stereocenters. The molecule has 6 nitrogen and oxygen atoms in total. The van der Waals surface area contributed by atoms with Crippen molar-refractivity contribution in [2.75, 3.05) is 11.4 Å². The molecule has 1 aromatic carbocycles. The summed E-state index contributed by atoms with van der Waals surface area (Å²) in [5.74, 6) is -1.21. The lowest BCUT2D eigenvalue weighted by Gasteiger charge is -2.19. The predicted molar refractivity (Wildman–Crippen MR) is 71.4 cm³/mol. The van der Waals surface area contributed by atoms with Crippen LogP contribution in [0.2, 0.25) is 0 Å². The Labute approximate surface area is 116 Å². The second kappa shape index (κ2) is 5.60.